The first-order valence-corrected chi connectivity index (χ1v) is 13.8. The van der Waals surface area contributed by atoms with Crippen LogP contribution >= 0.6 is 7.60 Å². The highest BCUT2D eigenvalue weighted by Crippen LogP contribution is 2.53. The van der Waals surface area contributed by atoms with E-state index in [0.717, 1.165) is 34.2 Å². The van der Waals surface area contributed by atoms with Crippen LogP contribution in [0.4, 0.5) is 0 Å². The van der Waals surface area contributed by atoms with Crippen molar-refractivity contribution in [3.8, 4) is 11.5 Å². The van der Waals surface area contributed by atoms with E-state index in [-0.39, 0.29) is 18.4 Å². The molecule has 35 heavy (non-hydrogen) atoms. The van der Waals surface area contributed by atoms with Crippen LogP contribution in [0.25, 0.3) is 0 Å². The number of aryl methyl sites for hydroxylation is 2. The maximum atomic E-state index is 13.3. The van der Waals surface area contributed by atoms with Crippen molar-refractivity contribution in [2.75, 3.05) is 19.5 Å². The minimum absolute atomic E-state index is 0.136. The zero-order chi connectivity index (χ0) is 25.0. The molecule has 0 aliphatic carbocycles. The molecule has 2 aliphatic rings. The highest BCUT2D eigenvalue weighted by molar-refractivity contribution is 7.53. The van der Waals surface area contributed by atoms with Crippen LogP contribution in [0.3, 0.4) is 0 Å². The van der Waals surface area contributed by atoms with Gasteiger partial charge in [0, 0.05) is 12.6 Å². The molecular weight excluding hydrogens is 461 g/mol. The Morgan fingerprint density at radius 2 is 1.97 bits per heavy atom. The van der Waals surface area contributed by atoms with E-state index >= 15 is 0 Å². The number of allylic oxidation sites excluding steroid dienone is 1. The van der Waals surface area contributed by atoms with Gasteiger partial charge < -0.3 is 14.4 Å². The van der Waals surface area contributed by atoms with E-state index in [1.165, 1.54) is 5.56 Å². The smallest absolute Gasteiger partial charge is 0.368 e. The molecule has 2 aromatic rings. The van der Waals surface area contributed by atoms with Gasteiger partial charge in [-0.25, -0.2) is 0 Å². The standard InChI is InChI=1S/C28H34NO5P/c1-19(2)25-16-22(7-8-27(25)30)17-26-20(3)14-24(15-21(26)4)32-18-35(31)33-13-10-28(34-35)23-6-5-11-29-12-9-23/h5-9,12,14-16,19,28,30H,10-11,13,17-18H2,1-4H3/t28-,35+/m0/s1. The average molecular weight is 496 g/mol. The Balaban J connectivity index is 1.44. The zero-order valence-electron chi connectivity index (χ0n) is 20.9. The summed E-state index contributed by atoms with van der Waals surface area (Å²) in [4.78, 5) is 4.21. The predicted octanol–water partition coefficient (Wildman–Crippen LogP) is 6.63. The third-order valence-corrected chi connectivity index (χ3v) is 7.97. The Bertz CT molecular complexity index is 1190. The number of phenols is 1. The molecular formula is C28H34NO5P. The highest BCUT2D eigenvalue weighted by atomic mass is 31.2. The lowest BCUT2D eigenvalue weighted by molar-refractivity contribution is 0.0932. The van der Waals surface area contributed by atoms with Crippen LogP contribution in [0.1, 0.15) is 54.0 Å². The minimum atomic E-state index is -3.40. The lowest BCUT2D eigenvalue weighted by atomic mass is 9.93. The number of hydrogen-bond donors (Lipinski definition) is 1. The number of nitrogens with zero attached hydrogens (tertiary/aromatic N) is 1. The average Bonchev–Trinajstić information content (AvgIpc) is 3.11. The molecule has 0 saturated carbocycles. The van der Waals surface area contributed by atoms with Crippen molar-refractivity contribution >= 4 is 13.8 Å². The summed E-state index contributed by atoms with van der Waals surface area (Å²) in [6, 6.07) is 9.75. The van der Waals surface area contributed by atoms with Crippen LogP contribution in [-0.4, -0.2) is 36.9 Å². The van der Waals surface area contributed by atoms with E-state index in [1.807, 2.05) is 36.4 Å². The number of hydrogen-bond acceptors (Lipinski definition) is 6. The van der Waals surface area contributed by atoms with Gasteiger partial charge in [-0.3, -0.25) is 14.1 Å². The molecule has 1 N–H and O–H groups in total. The van der Waals surface area contributed by atoms with Crippen molar-refractivity contribution in [2.45, 2.75) is 52.6 Å². The van der Waals surface area contributed by atoms with E-state index < -0.39 is 7.60 Å². The first-order chi connectivity index (χ1) is 16.7. The molecule has 2 heterocycles. The van der Waals surface area contributed by atoms with Gasteiger partial charge in [0.15, 0.2) is 6.35 Å². The Hall–Kier alpha value is -2.66. The molecule has 1 saturated heterocycles. The van der Waals surface area contributed by atoms with Gasteiger partial charge in [-0.15, -0.1) is 0 Å². The predicted molar refractivity (Wildman–Crippen MR) is 140 cm³/mol. The molecule has 0 bridgehead atoms. The van der Waals surface area contributed by atoms with Crippen LogP contribution in [0.2, 0.25) is 0 Å². The van der Waals surface area contributed by atoms with Crippen molar-refractivity contribution in [3.63, 3.8) is 0 Å². The van der Waals surface area contributed by atoms with Crippen LogP contribution < -0.4 is 4.74 Å². The maximum absolute atomic E-state index is 13.3. The second-order valence-electron chi connectivity index (χ2n) is 9.44. The molecule has 1 fully saturated rings. The molecule has 2 atom stereocenters. The summed E-state index contributed by atoms with van der Waals surface area (Å²) in [5, 5.41) is 10.1. The van der Waals surface area contributed by atoms with Gasteiger partial charge in [-0.2, -0.15) is 0 Å². The number of rotatable bonds is 7. The fourth-order valence-corrected chi connectivity index (χ4v) is 5.94. The van der Waals surface area contributed by atoms with Gasteiger partial charge in [-0.1, -0.05) is 38.1 Å². The second kappa shape index (κ2) is 10.9. The molecule has 0 unspecified atom stereocenters. The number of aromatic hydroxyl groups is 1. The number of ether oxygens (including phenoxy) is 1. The van der Waals surface area contributed by atoms with Gasteiger partial charge in [0.25, 0.3) is 0 Å². The molecule has 2 aromatic carbocycles. The van der Waals surface area contributed by atoms with E-state index in [2.05, 4.69) is 38.8 Å². The van der Waals surface area contributed by atoms with E-state index in [0.29, 0.717) is 31.1 Å². The third kappa shape index (κ3) is 6.32. The fourth-order valence-electron chi connectivity index (χ4n) is 4.44. The summed E-state index contributed by atoms with van der Waals surface area (Å²) in [5.74, 6) is 1.23. The highest BCUT2D eigenvalue weighted by Gasteiger charge is 2.35. The van der Waals surface area contributed by atoms with E-state index in [1.54, 1.807) is 12.3 Å². The fraction of sp³-hybridized carbons (Fsp3) is 0.393. The molecule has 0 aromatic heterocycles. The number of aliphatic imine (C=N–C) groups is 1. The molecule has 4 rings (SSSR count). The normalized spacial score (nSPS) is 22.2. The van der Waals surface area contributed by atoms with Gasteiger partial charge in [-0.05, 0) is 83.9 Å². The van der Waals surface area contributed by atoms with E-state index in [9.17, 15) is 9.67 Å². The second-order valence-corrected chi connectivity index (χ2v) is 11.4. The van der Waals surface area contributed by atoms with Gasteiger partial charge in [0.05, 0.1) is 19.3 Å². The SMILES string of the molecule is Cc1cc(OC[P@@]2(=O)OCC[C@@H](C3=CC=NCC=C3)O2)cc(C)c1Cc1ccc(O)c(C(C)C)c1. The monoisotopic (exact) mass is 495 g/mol. The van der Waals surface area contributed by atoms with Crippen LogP contribution in [0.5, 0.6) is 11.5 Å². The molecule has 2 aliphatic heterocycles. The van der Waals surface area contributed by atoms with Crippen molar-refractivity contribution < 1.29 is 23.5 Å². The van der Waals surface area contributed by atoms with Crippen molar-refractivity contribution in [1.29, 1.82) is 0 Å². The van der Waals surface area contributed by atoms with Crippen LogP contribution in [0, 0.1) is 13.8 Å². The summed E-state index contributed by atoms with van der Waals surface area (Å²) in [7, 11) is -3.40. The molecule has 0 spiro atoms. The number of phenolic OH excluding ortho intramolecular Hbond substituents is 1. The third-order valence-electron chi connectivity index (χ3n) is 6.37. The van der Waals surface area contributed by atoms with Crippen LogP contribution in [-0.2, 0) is 20.0 Å². The molecule has 6 nitrogen and oxygen atoms in total. The zero-order valence-corrected chi connectivity index (χ0v) is 21.8. The van der Waals surface area contributed by atoms with Crippen molar-refractivity contribution in [2.24, 2.45) is 4.99 Å². The largest absolute Gasteiger partial charge is 0.508 e. The minimum Gasteiger partial charge on any atom is -0.508 e. The molecule has 186 valence electrons. The molecule has 0 radical (unpaired) electrons. The van der Waals surface area contributed by atoms with Crippen molar-refractivity contribution in [3.05, 3.63) is 82.0 Å². The van der Waals surface area contributed by atoms with Gasteiger partial charge in [0.2, 0.25) is 0 Å². The van der Waals surface area contributed by atoms with Crippen molar-refractivity contribution in [1.82, 2.24) is 0 Å². The Kier molecular flexibility index (Phi) is 7.95. The molecule has 7 heteroatoms. The quantitative estimate of drug-likeness (QED) is 0.437. The summed E-state index contributed by atoms with van der Waals surface area (Å²) in [5.41, 5.74) is 6.44. The maximum Gasteiger partial charge on any atom is 0.368 e. The topological polar surface area (TPSA) is 77.4 Å². The summed E-state index contributed by atoms with van der Waals surface area (Å²) in [6.07, 6.45) is 8.54. The summed E-state index contributed by atoms with van der Waals surface area (Å²) >= 11 is 0. The van der Waals surface area contributed by atoms with Crippen LogP contribution in [0.15, 0.2) is 59.1 Å². The lowest BCUT2D eigenvalue weighted by Gasteiger charge is -2.30. The van der Waals surface area contributed by atoms with E-state index in [4.69, 9.17) is 13.8 Å². The summed E-state index contributed by atoms with van der Waals surface area (Å²) in [6.45, 7) is 9.24. The number of benzene rings is 2. The Labute approximate surface area is 207 Å². The Morgan fingerprint density at radius 3 is 2.71 bits per heavy atom. The Morgan fingerprint density at radius 1 is 1.20 bits per heavy atom. The first kappa shape index (κ1) is 25.4. The lowest BCUT2D eigenvalue weighted by Crippen LogP contribution is -2.24. The summed E-state index contributed by atoms with van der Waals surface area (Å²) < 4.78 is 30.6. The van der Waals surface area contributed by atoms with Gasteiger partial charge in [0.1, 0.15) is 11.5 Å². The molecule has 0 amide bonds. The first-order valence-electron chi connectivity index (χ1n) is 12.1. The van der Waals surface area contributed by atoms with Gasteiger partial charge >= 0.3 is 7.60 Å².